The third kappa shape index (κ3) is 3.08. The summed E-state index contributed by atoms with van der Waals surface area (Å²) in [5.74, 6) is 0. The van der Waals surface area contributed by atoms with Crippen molar-refractivity contribution < 1.29 is 0 Å². The van der Waals surface area contributed by atoms with Crippen LogP contribution in [0.5, 0.6) is 0 Å². The van der Waals surface area contributed by atoms with Crippen molar-refractivity contribution in [2.24, 2.45) is 0 Å². The molecule has 0 aliphatic rings. The van der Waals surface area contributed by atoms with Crippen molar-refractivity contribution in [2.45, 2.75) is 13.3 Å². The third-order valence-corrected chi connectivity index (χ3v) is 5.02. The second-order valence-electron chi connectivity index (χ2n) is 6.35. The molecule has 4 heteroatoms. The highest BCUT2D eigenvalue weighted by atomic mass is 79.9. The molecule has 4 aromatic rings. The van der Waals surface area contributed by atoms with Gasteiger partial charge in [0.05, 0.1) is 11.2 Å². The van der Waals surface area contributed by atoms with E-state index < -0.39 is 0 Å². The number of pyridine rings is 2. The Bertz CT molecular complexity index is 1140. The molecule has 2 aromatic heterocycles. The molecular formula is C22H17BrN2O. The van der Waals surface area contributed by atoms with Crippen LogP contribution in [0.1, 0.15) is 16.7 Å². The summed E-state index contributed by atoms with van der Waals surface area (Å²) in [4.78, 5) is 21.0. The maximum Gasteiger partial charge on any atom is 0.193 e. The molecule has 0 unspecified atom stereocenters. The van der Waals surface area contributed by atoms with Crippen molar-refractivity contribution in [3.63, 3.8) is 0 Å². The third-order valence-electron chi connectivity index (χ3n) is 4.56. The van der Waals surface area contributed by atoms with Gasteiger partial charge in [-0.2, -0.15) is 0 Å². The summed E-state index contributed by atoms with van der Waals surface area (Å²) >= 11 is 3.51. The summed E-state index contributed by atoms with van der Waals surface area (Å²) in [6, 6.07) is 17.8. The van der Waals surface area contributed by atoms with Crippen LogP contribution in [0.3, 0.4) is 0 Å². The number of hydrogen-bond acceptors (Lipinski definition) is 2. The Kier molecular flexibility index (Phi) is 4.43. The Morgan fingerprint density at radius 1 is 1.04 bits per heavy atom. The molecule has 26 heavy (non-hydrogen) atoms. The summed E-state index contributed by atoms with van der Waals surface area (Å²) in [6.07, 6.45) is 4.07. The van der Waals surface area contributed by atoms with Gasteiger partial charge in [-0.3, -0.25) is 9.78 Å². The number of aromatic amines is 1. The average Bonchev–Trinajstić information content (AvgIpc) is 2.66. The van der Waals surface area contributed by atoms with Gasteiger partial charge in [0.25, 0.3) is 0 Å². The van der Waals surface area contributed by atoms with Gasteiger partial charge in [0, 0.05) is 34.2 Å². The van der Waals surface area contributed by atoms with E-state index in [0.717, 1.165) is 37.9 Å². The average molecular weight is 405 g/mol. The number of aryl methyl sites for hydroxylation is 1. The molecule has 0 spiro atoms. The Morgan fingerprint density at radius 2 is 1.77 bits per heavy atom. The lowest BCUT2D eigenvalue weighted by molar-refractivity contribution is 1.13. The first-order chi connectivity index (χ1) is 12.6. The number of nitrogens with one attached hydrogen (secondary N) is 1. The summed E-state index contributed by atoms with van der Waals surface area (Å²) in [7, 11) is 0. The molecule has 3 nitrogen and oxygen atoms in total. The standard InChI is InChI=1S/C22H17BrN2O/c1-14-11-17(23)13-19-20(14)25-21(16-5-3-2-4-6-16)18(22(19)26)12-15-7-9-24-10-8-15/h2-11,13H,12H2,1H3,(H,25,26). The summed E-state index contributed by atoms with van der Waals surface area (Å²) in [5.41, 5.74) is 5.72. The van der Waals surface area contributed by atoms with E-state index in [1.54, 1.807) is 12.4 Å². The molecule has 2 aromatic carbocycles. The summed E-state index contributed by atoms with van der Waals surface area (Å²) in [6.45, 7) is 2.01. The smallest absolute Gasteiger partial charge is 0.193 e. The Hall–Kier alpha value is -2.72. The normalized spacial score (nSPS) is 11.0. The molecule has 4 rings (SSSR count). The molecule has 1 N–H and O–H groups in total. The number of H-pyrrole nitrogens is 1. The number of halogens is 1. The van der Waals surface area contributed by atoms with Gasteiger partial charge in [0.2, 0.25) is 0 Å². The highest BCUT2D eigenvalue weighted by Crippen LogP contribution is 2.27. The molecule has 0 bridgehead atoms. The van der Waals surface area contributed by atoms with Crippen molar-refractivity contribution in [1.82, 2.24) is 9.97 Å². The van der Waals surface area contributed by atoms with E-state index in [4.69, 9.17) is 0 Å². The fourth-order valence-corrected chi connectivity index (χ4v) is 3.86. The van der Waals surface area contributed by atoms with Crippen LogP contribution in [-0.2, 0) is 6.42 Å². The summed E-state index contributed by atoms with van der Waals surface area (Å²) < 4.78 is 0.912. The van der Waals surface area contributed by atoms with Gasteiger partial charge < -0.3 is 4.98 Å². The van der Waals surface area contributed by atoms with Gasteiger partial charge in [-0.05, 0) is 47.9 Å². The first kappa shape index (κ1) is 16.7. The predicted octanol–water partition coefficient (Wildman–Crippen LogP) is 5.25. The number of benzene rings is 2. The van der Waals surface area contributed by atoms with Gasteiger partial charge in [-0.15, -0.1) is 0 Å². The quantitative estimate of drug-likeness (QED) is 0.506. The van der Waals surface area contributed by atoms with E-state index in [1.807, 2.05) is 61.5 Å². The van der Waals surface area contributed by atoms with Crippen LogP contribution < -0.4 is 5.43 Å². The van der Waals surface area contributed by atoms with Crippen LogP contribution in [0.4, 0.5) is 0 Å². The zero-order valence-corrected chi connectivity index (χ0v) is 15.9. The molecule has 0 saturated heterocycles. The molecule has 128 valence electrons. The topological polar surface area (TPSA) is 45.8 Å². The van der Waals surface area contributed by atoms with Crippen molar-refractivity contribution in [3.05, 3.63) is 98.4 Å². The van der Waals surface area contributed by atoms with Gasteiger partial charge in [0.15, 0.2) is 5.43 Å². The van der Waals surface area contributed by atoms with Crippen LogP contribution in [0.2, 0.25) is 0 Å². The number of nitrogens with zero attached hydrogens (tertiary/aromatic N) is 1. The number of fused-ring (bicyclic) bond motifs is 1. The van der Waals surface area contributed by atoms with Gasteiger partial charge in [-0.1, -0.05) is 46.3 Å². The maximum absolute atomic E-state index is 13.4. The van der Waals surface area contributed by atoms with Crippen LogP contribution >= 0.6 is 15.9 Å². The largest absolute Gasteiger partial charge is 0.354 e. The van der Waals surface area contributed by atoms with Crippen LogP contribution in [-0.4, -0.2) is 9.97 Å². The second kappa shape index (κ2) is 6.89. The monoisotopic (exact) mass is 404 g/mol. The number of aromatic nitrogens is 2. The minimum atomic E-state index is 0.0683. The first-order valence-electron chi connectivity index (χ1n) is 8.43. The molecule has 0 amide bonds. The number of rotatable bonds is 3. The maximum atomic E-state index is 13.4. The minimum absolute atomic E-state index is 0.0683. The van der Waals surface area contributed by atoms with E-state index >= 15 is 0 Å². The van der Waals surface area contributed by atoms with E-state index in [2.05, 4.69) is 25.9 Å². The molecule has 2 heterocycles. The zero-order chi connectivity index (χ0) is 18.1. The van der Waals surface area contributed by atoms with Crippen LogP contribution in [0, 0.1) is 6.92 Å². The van der Waals surface area contributed by atoms with E-state index in [9.17, 15) is 4.79 Å². The Morgan fingerprint density at radius 3 is 2.50 bits per heavy atom. The van der Waals surface area contributed by atoms with Crippen molar-refractivity contribution >= 4 is 26.8 Å². The second-order valence-corrected chi connectivity index (χ2v) is 7.27. The molecule has 0 aliphatic heterocycles. The SMILES string of the molecule is Cc1cc(Br)cc2c(=O)c(Cc3ccncc3)c(-c3ccccc3)[nH]c12. The van der Waals surface area contributed by atoms with Gasteiger partial charge in [0.1, 0.15) is 0 Å². The van der Waals surface area contributed by atoms with Crippen LogP contribution in [0.25, 0.3) is 22.2 Å². The minimum Gasteiger partial charge on any atom is -0.354 e. The Labute approximate surface area is 159 Å². The fourth-order valence-electron chi connectivity index (χ4n) is 3.29. The molecular weight excluding hydrogens is 388 g/mol. The number of hydrogen-bond donors (Lipinski definition) is 1. The lowest BCUT2D eigenvalue weighted by atomic mass is 9.96. The predicted molar refractivity (Wildman–Crippen MR) is 109 cm³/mol. The highest BCUT2D eigenvalue weighted by Gasteiger charge is 2.15. The molecule has 0 fully saturated rings. The molecule has 0 atom stereocenters. The Balaban J connectivity index is 2.03. The van der Waals surface area contributed by atoms with Crippen molar-refractivity contribution in [3.8, 4) is 11.3 Å². The van der Waals surface area contributed by atoms with Crippen molar-refractivity contribution in [2.75, 3.05) is 0 Å². The van der Waals surface area contributed by atoms with E-state index in [0.29, 0.717) is 11.8 Å². The van der Waals surface area contributed by atoms with Gasteiger partial charge in [-0.25, -0.2) is 0 Å². The van der Waals surface area contributed by atoms with E-state index in [1.165, 1.54) is 0 Å². The van der Waals surface area contributed by atoms with Crippen molar-refractivity contribution in [1.29, 1.82) is 0 Å². The molecule has 0 aliphatic carbocycles. The lowest BCUT2D eigenvalue weighted by Gasteiger charge is -2.14. The van der Waals surface area contributed by atoms with Crippen LogP contribution in [0.15, 0.2) is 76.3 Å². The van der Waals surface area contributed by atoms with Gasteiger partial charge >= 0.3 is 0 Å². The molecule has 0 saturated carbocycles. The zero-order valence-electron chi connectivity index (χ0n) is 14.3. The first-order valence-corrected chi connectivity index (χ1v) is 9.22. The summed E-state index contributed by atoms with van der Waals surface area (Å²) in [5, 5.41) is 0.709. The lowest BCUT2D eigenvalue weighted by Crippen LogP contribution is -2.14. The van der Waals surface area contributed by atoms with E-state index in [-0.39, 0.29) is 5.43 Å². The molecule has 0 radical (unpaired) electrons. The highest BCUT2D eigenvalue weighted by molar-refractivity contribution is 9.10. The fraction of sp³-hybridized carbons (Fsp3) is 0.0909.